The van der Waals surface area contributed by atoms with Gasteiger partial charge in [0.2, 0.25) is 0 Å². The fourth-order valence-electron chi connectivity index (χ4n) is 2.75. The van der Waals surface area contributed by atoms with Gasteiger partial charge in [-0.3, -0.25) is 10.1 Å². The molecule has 1 aliphatic rings. The average molecular weight is 274 g/mol. The number of ether oxygens (including phenoxy) is 1. The van der Waals surface area contributed by atoms with Crippen molar-refractivity contribution in [1.29, 1.82) is 0 Å². The van der Waals surface area contributed by atoms with Gasteiger partial charge in [0.25, 0.3) is 5.69 Å². The summed E-state index contributed by atoms with van der Waals surface area (Å²) in [6, 6.07) is 4.48. The number of hydrogen-bond donors (Lipinski definition) is 1. The summed E-state index contributed by atoms with van der Waals surface area (Å²) in [6.07, 6.45) is 1.71. The summed E-state index contributed by atoms with van der Waals surface area (Å²) in [6.45, 7) is 0. The lowest BCUT2D eigenvalue weighted by Gasteiger charge is -2.23. The third kappa shape index (κ3) is 1.89. The minimum atomic E-state index is -0.591. The van der Waals surface area contributed by atoms with E-state index in [9.17, 15) is 15.2 Å². The van der Waals surface area contributed by atoms with Crippen LogP contribution in [0.1, 0.15) is 30.2 Å². The van der Waals surface area contributed by atoms with Gasteiger partial charge in [0.1, 0.15) is 5.75 Å². The van der Waals surface area contributed by atoms with E-state index in [0.717, 1.165) is 18.4 Å². The SMILES string of the molecule is COc1c2c(nc3ccc([N+](=O)[O-])cc13)C(O)CCC2. The number of nitro benzene ring substituents is 1. The van der Waals surface area contributed by atoms with E-state index < -0.39 is 11.0 Å². The van der Waals surface area contributed by atoms with Gasteiger partial charge in [-0.25, -0.2) is 4.98 Å². The predicted molar refractivity (Wildman–Crippen MR) is 72.8 cm³/mol. The Kier molecular flexibility index (Phi) is 3.02. The molecule has 0 aliphatic heterocycles. The molecule has 1 unspecified atom stereocenters. The number of benzene rings is 1. The molecular formula is C14H14N2O4. The minimum absolute atomic E-state index is 0.00825. The summed E-state index contributed by atoms with van der Waals surface area (Å²) in [5.41, 5.74) is 2.11. The molecule has 6 nitrogen and oxygen atoms in total. The summed E-state index contributed by atoms with van der Waals surface area (Å²) in [4.78, 5) is 14.9. The summed E-state index contributed by atoms with van der Waals surface area (Å²) in [7, 11) is 1.54. The van der Waals surface area contributed by atoms with Crippen molar-refractivity contribution < 1.29 is 14.8 Å². The van der Waals surface area contributed by atoms with E-state index in [1.807, 2.05) is 0 Å². The molecule has 2 aromatic rings. The van der Waals surface area contributed by atoms with E-state index in [4.69, 9.17) is 4.74 Å². The highest BCUT2D eigenvalue weighted by molar-refractivity contribution is 5.89. The molecule has 1 atom stereocenters. The third-order valence-corrected chi connectivity index (χ3v) is 3.68. The molecule has 0 radical (unpaired) electrons. The lowest BCUT2D eigenvalue weighted by Crippen LogP contribution is -2.13. The van der Waals surface area contributed by atoms with Crippen molar-refractivity contribution in [3.63, 3.8) is 0 Å². The normalized spacial score (nSPS) is 17.8. The van der Waals surface area contributed by atoms with Crippen molar-refractivity contribution in [1.82, 2.24) is 4.98 Å². The Morgan fingerprint density at radius 1 is 1.50 bits per heavy atom. The number of non-ortho nitro benzene ring substituents is 1. The maximum absolute atomic E-state index is 10.9. The number of fused-ring (bicyclic) bond motifs is 2. The first-order valence-corrected chi connectivity index (χ1v) is 6.45. The molecule has 104 valence electrons. The van der Waals surface area contributed by atoms with Gasteiger partial charge in [-0.1, -0.05) is 0 Å². The second-order valence-corrected chi connectivity index (χ2v) is 4.88. The molecule has 0 bridgehead atoms. The Morgan fingerprint density at radius 2 is 2.30 bits per heavy atom. The van der Waals surface area contributed by atoms with Crippen LogP contribution in [0.2, 0.25) is 0 Å². The van der Waals surface area contributed by atoms with Crippen molar-refractivity contribution in [2.24, 2.45) is 0 Å². The fraction of sp³-hybridized carbons (Fsp3) is 0.357. The number of pyridine rings is 1. The topological polar surface area (TPSA) is 85.5 Å². The van der Waals surface area contributed by atoms with Crippen LogP contribution in [-0.4, -0.2) is 22.1 Å². The maximum atomic E-state index is 10.9. The molecule has 3 rings (SSSR count). The van der Waals surface area contributed by atoms with Gasteiger partial charge in [0.15, 0.2) is 0 Å². The Labute approximate surface area is 115 Å². The number of hydrogen-bond acceptors (Lipinski definition) is 5. The maximum Gasteiger partial charge on any atom is 0.270 e. The Hall–Kier alpha value is -2.21. The van der Waals surface area contributed by atoms with Crippen LogP contribution < -0.4 is 4.74 Å². The van der Waals surface area contributed by atoms with Crippen molar-refractivity contribution in [2.45, 2.75) is 25.4 Å². The number of methoxy groups -OCH3 is 1. The van der Waals surface area contributed by atoms with E-state index >= 15 is 0 Å². The summed E-state index contributed by atoms with van der Waals surface area (Å²) in [5, 5.41) is 21.6. The van der Waals surface area contributed by atoms with Gasteiger partial charge in [-0.2, -0.15) is 0 Å². The number of aliphatic hydroxyl groups excluding tert-OH is 1. The fourth-order valence-corrected chi connectivity index (χ4v) is 2.75. The predicted octanol–water partition coefficient (Wildman–Crippen LogP) is 2.52. The Bertz CT molecular complexity index is 699. The van der Waals surface area contributed by atoms with Crippen LogP contribution in [0.15, 0.2) is 18.2 Å². The standard InChI is InChI=1S/C14H14N2O4/c1-20-14-9-3-2-4-12(17)13(9)15-11-6-5-8(16(18)19)7-10(11)14/h5-7,12,17H,2-4H2,1H3. The first-order chi connectivity index (χ1) is 9.61. The number of nitrogens with zero attached hydrogens (tertiary/aromatic N) is 2. The second kappa shape index (κ2) is 4.72. The lowest BCUT2D eigenvalue weighted by molar-refractivity contribution is -0.384. The van der Waals surface area contributed by atoms with E-state index in [1.165, 1.54) is 19.2 Å². The van der Waals surface area contributed by atoms with Gasteiger partial charge in [0, 0.05) is 23.1 Å². The molecule has 6 heteroatoms. The lowest BCUT2D eigenvalue weighted by atomic mass is 9.91. The summed E-state index contributed by atoms with van der Waals surface area (Å²) in [5.74, 6) is 0.590. The van der Waals surface area contributed by atoms with Crippen LogP contribution in [-0.2, 0) is 6.42 Å². The van der Waals surface area contributed by atoms with E-state index in [2.05, 4.69) is 4.98 Å². The number of nitro groups is 1. The zero-order valence-electron chi connectivity index (χ0n) is 11.0. The zero-order valence-corrected chi connectivity index (χ0v) is 11.0. The third-order valence-electron chi connectivity index (χ3n) is 3.68. The molecule has 1 aromatic carbocycles. The van der Waals surface area contributed by atoms with Crippen LogP contribution in [0.25, 0.3) is 10.9 Å². The molecule has 0 saturated heterocycles. The molecule has 1 aliphatic carbocycles. The highest BCUT2D eigenvalue weighted by Gasteiger charge is 2.25. The van der Waals surface area contributed by atoms with Crippen LogP contribution in [0, 0.1) is 10.1 Å². The molecular weight excluding hydrogens is 260 g/mol. The zero-order chi connectivity index (χ0) is 14.3. The molecule has 20 heavy (non-hydrogen) atoms. The quantitative estimate of drug-likeness (QED) is 0.671. The molecule has 0 fully saturated rings. The largest absolute Gasteiger partial charge is 0.496 e. The average Bonchev–Trinajstić information content (AvgIpc) is 2.45. The molecule has 0 saturated carbocycles. The van der Waals surface area contributed by atoms with Crippen LogP contribution in [0.5, 0.6) is 5.75 Å². The van der Waals surface area contributed by atoms with Crippen molar-refractivity contribution >= 4 is 16.6 Å². The smallest absolute Gasteiger partial charge is 0.270 e. The Balaban J connectivity index is 2.32. The van der Waals surface area contributed by atoms with Crippen molar-refractivity contribution in [3.8, 4) is 5.75 Å². The number of aliphatic hydroxyl groups is 1. The van der Waals surface area contributed by atoms with Gasteiger partial charge in [-0.05, 0) is 25.3 Å². The van der Waals surface area contributed by atoms with Gasteiger partial charge >= 0.3 is 0 Å². The van der Waals surface area contributed by atoms with Crippen LogP contribution in [0.3, 0.4) is 0 Å². The van der Waals surface area contributed by atoms with Gasteiger partial charge in [-0.15, -0.1) is 0 Å². The summed E-state index contributed by atoms with van der Waals surface area (Å²) >= 11 is 0. The molecule has 1 heterocycles. The monoisotopic (exact) mass is 274 g/mol. The highest BCUT2D eigenvalue weighted by Crippen LogP contribution is 2.39. The highest BCUT2D eigenvalue weighted by atomic mass is 16.6. The number of aromatic nitrogens is 1. The van der Waals surface area contributed by atoms with Gasteiger partial charge in [0.05, 0.1) is 29.3 Å². The summed E-state index contributed by atoms with van der Waals surface area (Å²) < 4.78 is 5.44. The van der Waals surface area contributed by atoms with E-state index in [0.29, 0.717) is 28.8 Å². The van der Waals surface area contributed by atoms with Crippen LogP contribution in [0.4, 0.5) is 5.69 Å². The molecule has 1 aromatic heterocycles. The van der Waals surface area contributed by atoms with Crippen molar-refractivity contribution in [2.75, 3.05) is 7.11 Å². The first-order valence-electron chi connectivity index (χ1n) is 6.45. The minimum Gasteiger partial charge on any atom is -0.496 e. The van der Waals surface area contributed by atoms with Crippen molar-refractivity contribution in [3.05, 3.63) is 39.6 Å². The Morgan fingerprint density at radius 3 is 3.00 bits per heavy atom. The second-order valence-electron chi connectivity index (χ2n) is 4.88. The van der Waals surface area contributed by atoms with Gasteiger partial charge < -0.3 is 9.84 Å². The van der Waals surface area contributed by atoms with E-state index in [1.54, 1.807) is 6.07 Å². The number of rotatable bonds is 2. The molecule has 0 amide bonds. The van der Waals surface area contributed by atoms with Crippen LogP contribution >= 0.6 is 0 Å². The molecule has 1 N–H and O–H groups in total. The van der Waals surface area contributed by atoms with E-state index in [-0.39, 0.29) is 5.69 Å². The first kappa shape index (κ1) is 12.8. The molecule has 0 spiro atoms.